The molecule has 13 nitrogen and oxygen atoms in total. The smallest absolute Gasteiger partial charge is 0.410 e. The third-order valence-electron chi connectivity index (χ3n) is 11.4. The van der Waals surface area contributed by atoms with Crippen molar-refractivity contribution in [2.75, 3.05) is 36.4 Å². The molecular weight excluding hydrogens is 825 g/mol. The molecule has 4 atom stereocenters. The summed E-state index contributed by atoms with van der Waals surface area (Å²) >= 11 is 0. The second-order valence-electron chi connectivity index (χ2n) is 20.3. The molecule has 2 saturated heterocycles. The summed E-state index contributed by atoms with van der Waals surface area (Å²) in [7, 11) is 0. The number of carboxylic acids is 1. The molecule has 2 aromatic carbocycles. The first-order valence-electron chi connectivity index (χ1n) is 23.4. The van der Waals surface area contributed by atoms with Gasteiger partial charge in [0.15, 0.2) is 11.6 Å². The van der Waals surface area contributed by atoms with Crippen LogP contribution in [0.15, 0.2) is 72.8 Å². The Labute approximate surface area is 387 Å². The van der Waals surface area contributed by atoms with Crippen LogP contribution in [0.1, 0.15) is 119 Å². The van der Waals surface area contributed by atoms with Crippen molar-refractivity contribution in [3.05, 3.63) is 84.0 Å². The van der Waals surface area contributed by atoms with E-state index in [1.807, 2.05) is 58.9 Å². The molecule has 0 spiro atoms. The lowest BCUT2D eigenvalue weighted by Gasteiger charge is -2.40. The monoisotopic (exact) mass is 899 g/mol. The molecule has 13 heteroatoms. The normalized spacial score (nSPS) is 18.6. The van der Waals surface area contributed by atoms with Crippen LogP contribution < -0.4 is 10.2 Å². The summed E-state index contributed by atoms with van der Waals surface area (Å²) in [6.07, 6.45) is 10.7. The Morgan fingerprint density at radius 2 is 1.15 bits per heavy atom. The number of likely N-dealkylation sites (tertiary alicyclic amines) is 2. The Bertz CT molecular complexity index is 2000. The number of nitrogens with one attached hydrogen (secondary N) is 1. The SMILES string of the molecule is CC(C)C[C@@H](/C=C/C(=O)N1CCc2ccccc21)CC(=O)[C@@H]1CCN1C(=O)OC(C)(C)C.CC(C)C[C@@H](/C=C/C(=O)O)CC(=O)[C@@H]1CCN1C(=O)OC(C)(C)C.c1ccc2c(c1)CCN2. The number of hydrogen-bond donors (Lipinski definition) is 2. The topological polar surface area (TPSA) is 163 Å². The summed E-state index contributed by atoms with van der Waals surface area (Å²) in [4.78, 5) is 78.3. The predicted molar refractivity (Wildman–Crippen MR) is 255 cm³/mol. The number of benzene rings is 2. The van der Waals surface area contributed by atoms with Gasteiger partial charge in [0.25, 0.3) is 5.91 Å². The van der Waals surface area contributed by atoms with Gasteiger partial charge in [-0.1, -0.05) is 76.2 Å². The van der Waals surface area contributed by atoms with Gasteiger partial charge >= 0.3 is 18.2 Å². The lowest BCUT2D eigenvalue weighted by atomic mass is 9.87. The molecule has 4 aliphatic rings. The van der Waals surface area contributed by atoms with E-state index in [9.17, 15) is 28.8 Å². The van der Waals surface area contributed by atoms with Gasteiger partial charge in [0.1, 0.15) is 11.2 Å². The number of aliphatic carboxylic acids is 1. The molecule has 3 amide bonds. The van der Waals surface area contributed by atoms with Gasteiger partial charge in [-0.25, -0.2) is 14.4 Å². The Morgan fingerprint density at radius 3 is 1.60 bits per heavy atom. The fraction of sp³-hybridized carbons (Fsp3) is 0.577. The van der Waals surface area contributed by atoms with Crippen molar-refractivity contribution in [2.24, 2.45) is 23.7 Å². The van der Waals surface area contributed by atoms with Crippen LogP contribution in [-0.2, 0) is 41.5 Å². The second-order valence-corrected chi connectivity index (χ2v) is 20.3. The molecule has 0 unspecified atom stereocenters. The van der Waals surface area contributed by atoms with Crippen molar-refractivity contribution in [3.63, 3.8) is 0 Å². The molecule has 4 aliphatic heterocycles. The van der Waals surface area contributed by atoms with Crippen molar-refractivity contribution in [3.8, 4) is 0 Å². The molecule has 2 fully saturated rings. The zero-order valence-electron chi connectivity index (χ0n) is 40.4. The first-order valence-corrected chi connectivity index (χ1v) is 23.4. The van der Waals surface area contributed by atoms with Crippen LogP contribution in [0.3, 0.4) is 0 Å². The molecule has 2 N–H and O–H groups in total. The summed E-state index contributed by atoms with van der Waals surface area (Å²) < 4.78 is 10.7. The van der Waals surface area contributed by atoms with Crippen LogP contribution in [0.4, 0.5) is 21.0 Å². The third kappa shape index (κ3) is 16.8. The van der Waals surface area contributed by atoms with E-state index < -0.39 is 41.4 Å². The van der Waals surface area contributed by atoms with Gasteiger partial charge < -0.3 is 24.8 Å². The van der Waals surface area contributed by atoms with Crippen LogP contribution in [0.2, 0.25) is 0 Å². The molecule has 4 heterocycles. The minimum Gasteiger partial charge on any atom is -0.478 e. The lowest BCUT2D eigenvalue weighted by molar-refractivity contribution is -0.132. The minimum absolute atomic E-state index is 0.0344. The summed E-state index contributed by atoms with van der Waals surface area (Å²) in [5, 5.41) is 12.1. The summed E-state index contributed by atoms with van der Waals surface area (Å²) in [5.74, 6) is -0.484. The number of carboxylic acid groups (broad SMARTS) is 1. The number of allylic oxidation sites excluding steroid dienone is 2. The summed E-state index contributed by atoms with van der Waals surface area (Å²) in [5.41, 5.74) is 3.76. The molecule has 0 radical (unpaired) electrons. The fourth-order valence-electron chi connectivity index (χ4n) is 8.32. The van der Waals surface area contributed by atoms with E-state index in [4.69, 9.17) is 14.6 Å². The number of rotatable bonds is 14. The number of fused-ring (bicyclic) bond motifs is 2. The summed E-state index contributed by atoms with van der Waals surface area (Å²) in [6, 6.07) is 15.6. The van der Waals surface area contributed by atoms with Gasteiger partial charge in [-0.3, -0.25) is 24.2 Å². The molecule has 0 saturated carbocycles. The summed E-state index contributed by atoms with van der Waals surface area (Å²) in [6.45, 7) is 22.0. The molecule has 0 aromatic heterocycles. The number of hydrogen-bond acceptors (Lipinski definition) is 9. The largest absolute Gasteiger partial charge is 0.478 e. The van der Waals surface area contributed by atoms with E-state index in [1.54, 1.807) is 37.8 Å². The highest BCUT2D eigenvalue weighted by Gasteiger charge is 2.41. The van der Waals surface area contributed by atoms with Crippen molar-refractivity contribution in [2.45, 2.75) is 144 Å². The number of carbonyl (C=O) groups excluding carboxylic acids is 5. The Morgan fingerprint density at radius 1 is 0.677 bits per heavy atom. The highest BCUT2D eigenvalue weighted by Crippen LogP contribution is 2.30. The Balaban J connectivity index is 0.000000244. The van der Waals surface area contributed by atoms with Gasteiger partial charge in [-0.05, 0) is 133 Å². The number of ketones is 2. The quantitative estimate of drug-likeness (QED) is 0.175. The maximum Gasteiger partial charge on any atom is 0.410 e. The van der Waals surface area contributed by atoms with E-state index in [2.05, 4.69) is 49.5 Å². The first kappa shape index (κ1) is 52.2. The number of amides is 3. The van der Waals surface area contributed by atoms with E-state index in [-0.39, 0.29) is 35.7 Å². The number of anilines is 2. The van der Waals surface area contributed by atoms with Crippen molar-refractivity contribution in [1.82, 2.24) is 9.80 Å². The van der Waals surface area contributed by atoms with Crippen molar-refractivity contribution < 1.29 is 43.3 Å². The highest BCUT2D eigenvalue weighted by atomic mass is 16.6. The number of para-hydroxylation sites is 2. The van der Waals surface area contributed by atoms with Crippen LogP contribution in [-0.4, -0.2) is 100 Å². The van der Waals surface area contributed by atoms with Crippen LogP contribution >= 0.6 is 0 Å². The van der Waals surface area contributed by atoms with Crippen LogP contribution in [0, 0.1) is 23.7 Å². The van der Waals surface area contributed by atoms with Crippen LogP contribution in [0.25, 0.3) is 0 Å². The maximum atomic E-state index is 13.0. The van der Waals surface area contributed by atoms with Gasteiger partial charge in [-0.15, -0.1) is 0 Å². The molecule has 0 aliphatic carbocycles. The standard InChI is InChI=1S/C26H36N2O4.C18H29NO5.C8H9N/c1-18(2)16-19(10-11-24(30)27-14-12-20-8-6-7-9-21(20)27)17-23(29)22-13-15-28(22)25(31)32-26(3,4)5;1-12(2)10-13(6-7-16(21)22)11-15(20)14-8-9-19(14)17(23)24-18(3,4)5;1-2-4-8-7(3-1)5-6-9-8/h6-11,18-19,22H,12-17H2,1-5H3;6-7,12-14H,8-11H2,1-5H3,(H,21,22);1-4,9H,5-6H2/b11-10+;7-6+;/t19-,22+;13-,14+;/m11./s1. The molecule has 6 rings (SSSR count). The third-order valence-corrected chi connectivity index (χ3v) is 11.4. The zero-order chi connectivity index (χ0) is 48.1. The average molecular weight is 899 g/mol. The van der Waals surface area contributed by atoms with Gasteiger partial charge in [0.2, 0.25) is 0 Å². The molecule has 2 aromatic rings. The first-order chi connectivity index (χ1) is 30.5. The zero-order valence-corrected chi connectivity index (χ0v) is 40.4. The van der Waals surface area contributed by atoms with Gasteiger partial charge in [0, 0.05) is 56.5 Å². The maximum absolute atomic E-state index is 13.0. The van der Waals surface area contributed by atoms with E-state index in [0.29, 0.717) is 50.7 Å². The molecule has 0 bridgehead atoms. The minimum atomic E-state index is -1.02. The highest BCUT2D eigenvalue weighted by molar-refractivity contribution is 6.03. The number of Topliss-reactive ketones (excluding diaryl/α,β-unsaturated/α-hetero) is 2. The number of carbonyl (C=O) groups is 6. The van der Waals surface area contributed by atoms with Gasteiger partial charge in [-0.2, -0.15) is 0 Å². The van der Waals surface area contributed by atoms with E-state index in [1.165, 1.54) is 33.0 Å². The average Bonchev–Trinajstić information content (AvgIpc) is 3.81. The van der Waals surface area contributed by atoms with Crippen molar-refractivity contribution >= 4 is 47.0 Å². The van der Waals surface area contributed by atoms with Gasteiger partial charge in [0.05, 0.1) is 12.1 Å². The Kier molecular flexibility index (Phi) is 19.0. The number of nitrogens with zero attached hydrogens (tertiary/aromatic N) is 3. The number of ether oxygens (including phenoxy) is 2. The van der Waals surface area contributed by atoms with Crippen molar-refractivity contribution in [1.29, 1.82) is 0 Å². The lowest BCUT2D eigenvalue weighted by Crippen LogP contribution is -2.56. The second kappa shape index (κ2) is 23.6. The predicted octanol–water partition coefficient (Wildman–Crippen LogP) is 9.68. The molecule has 65 heavy (non-hydrogen) atoms. The van der Waals surface area contributed by atoms with E-state index in [0.717, 1.165) is 37.6 Å². The fourth-order valence-corrected chi connectivity index (χ4v) is 8.32. The molecular formula is C52H74N4O9. The van der Waals surface area contributed by atoms with Crippen LogP contribution in [0.5, 0.6) is 0 Å². The molecule has 356 valence electrons. The Hall–Kier alpha value is -5.46. The van der Waals surface area contributed by atoms with E-state index >= 15 is 0 Å².